The first-order valence-corrected chi connectivity index (χ1v) is 7.46. The lowest BCUT2D eigenvalue weighted by Gasteiger charge is -2.50. The van der Waals surface area contributed by atoms with Gasteiger partial charge in [-0.15, -0.1) is 5.10 Å². The van der Waals surface area contributed by atoms with Crippen molar-refractivity contribution in [3.63, 3.8) is 0 Å². The molecule has 0 spiro atoms. The second-order valence-corrected chi connectivity index (χ2v) is 6.51. The van der Waals surface area contributed by atoms with Crippen molar-refractivity contribution >= 4 is 0 Å². The van der Waals surface area contributed by atoms with Gasteiger partial charge in [-0.05, 0) is 32.9 Å². The zero-order chi connectivity index (χ0) is 14.8. The first-order chi connectivity index (χ1) is 9.48. The molecule has 1 aliphatic rings. The number of likely N-dealkylation sites (N-methyl/N-ethyl adjacent to an activating group) is 1. The summed E-state index contributed by atoms with van der Waals surface area (Å²) in [5, 5.41) is 8.22. The molecule has 0 amide bonds. The van der Waals surface area contributed by atoms with Gasteiger partial charge in [0.1, 0.15) is 0 Å². The maximum atomic E-state index is 5.90. The molecule has 3 unspecified atom stereocenters. The summed E-state index contributed by atoms with van der Waals surface area (Å²) < 4.78 is 1.74. The van der Waals surface area contributed by atoms with Crippen molar-refractivity contribution in [2.45, 2.75) is 50.6 Å². The maximum absolute atomic E-state index is 5.90. The molecular weight excluding hydrogens is 252 g/mol. The van der Waals surface area contributed by atoms with Gasteiger partial charge < -0.3 is 4.90 Å². The number of aryl methyl sites for hydroxylation is 1. The van der Waals surface area contributed by atoms with Crippen LogP contribution in [0.3, 0.4) is 0 Å². The van der Waals surface area contributed by atoms with Crippen LogP contribution in [0, 0.1) is 5.92 Å². The molecule has 2 rings (SSSR count). The minimum atomic E-state index is 0.101. The quantitative estimate of drug-likeness (QED) is 0.613. The second kappa shape index (κ2) is 6.20. The van der Waals surface area contributed by atoms with E-state index in [4.69, 9.17) is 5.84 Å². The van der Waals surface area contributed by atoms with E-state index in [2.05, 4.69) is 41.7 Å². The van der Waals surface area contributed by atoms with E-state index in [9.17, 15) is 0 Å². The first kappa shape index (κ1) is 15.4. The van der Waals surface area contributed by atoms with E-state index in [-0.39, 0.29) is 11.6 Å². The molecule has 0 aromatic carbocycles. The molecule has 1 aromatic heterocycles. The summed E-state index contributed by atoms with van der Waals surface area (Å²) in [4.78, 5) is 2.35. The van der Waals surface area contributed by atoms with Gasteiger partial charge in [-0.2, -0.15) is 0 Å². The second-order valence-electron chi connectivity index (χ2n) is 6.51. The van der Waals surface area contributed by atoms with Crippen LogP contribution >= 0.6 is 0 Å². The third-order valence-corrected chi connectivity index (χ3v) is 4.81. The lowest BCUT2D eigenvalue weighted by atomic mass is 9.70. The summed E-state index contributed by atoms with van der Waals surface area (Å²) >= 11 is 0. The van der Waals surface area contributed by atoms with Crippen LogP contribution in [-0.2, 0) is 13.5 Å². The van der Waals surface area contributed by atoms with E-state index < -0.39 is 0 Å². The van der Waals surface area contributed by atoms with Crippen LogP contribution in [0.5, 0.6) is 0 Å². The molecule has 3 N–H and O–H groups in total. The van der Waals surface area contributed by atoms with Gasteiger partial charge in [-0.3, -0.25) is 16.0 Å². The number of hydrazine groups is 1. The topological polar surface area (TPSA) is 72.0 Å². The van der Waals surface area contributed by atoms with Gasteiger partial charge in [0.25, 0.3) is 0 Å². The van der Waals surface area contributed by atoms with Crippen LogP contribution in [0.25, 0.3) is 0 Å². The van der Waals surface area contributed by atoms with Gasteiger partial charge in [-0.25, -0.2) is 0 Å². The molecule has 20 heavy (non-hydrogen) atoms. The van der Waals surface area contributed by atoms with E-state index in [0.717, 1.165) is 18.0 Å². The molecular formula is C14H28N6. The van der Waals surface area contributed by atoms with Gasteiger partial charge in [0.15, 0.2) is 0 Å². The van der Waals surface area contributed by atoms with Gasteiger partial charge in [0, 0.05) is 31.2 Å². The summed E-state index contributed by atoms with van der Waals surface area (Å²) in [6.07, 6.45) is 7.72. The van der Waals surface area contributed by atoms with Crippen molar-refractivity contribution in [3.8, 4) is 0 Å². The zero-order valence-electron chi connectivity index (χ0n) is 13.1. The highest BCUT2D eigenvalue weighted by Gasteiger charge is 2.43. The molecule has 1 saturated carbocycles. The Balaban J connectivity index is 2.20. The number of rotatable bonds is 5. The van der Waals surface area contributed by atoms with Gasteiger partial charge in [-0.1, -0.05) is 25.0 Å². The Labute approximate surface area is 121 Å². The van der Waals surface area contributed by atoms with E-state index in [0.29, 0.717) is 0 Å². The molecule has 114 valence electrons. The highest BCUT2D eigenvalue weighted by atomic mass is 15.4. The predicted octanol–water partition coefficient (Wildman–Crippen LogP) is 0.700. The van der Waals surface area contributed by atoms with Gasteiger partial charge in [0.2, 0.25) is 0 Å². The number of aromatic nitrogens is 3. The lowest BCUT2D eigenvalue weighted by molar-refractivity contribution is 0.0370. The molecule has 1 aliphatic carbocycles. The van der Waals surface area contributed by atoms with Crippen LogP contribution in [0.15, 0.2) is 6.20 Å². The molecule has 0 radical (unpaired) electrons. The average molecular weight is 280 g/mol. The molecule has 0 aliphatic heterocycles. The summed E-state index contributed by atoms with van der Waals surface area (Å²) in [5.74, 6) is 6.63. The van der Waals surface area contributed by atoms with Crippen LogP contribution in [0.4, 0.5) is 0 Å². The van der Waals surface area contributed by atoms with E-state index in [1.54, 1.807) is 4.68 Å². The Hall–Kier alpha value is -0.980. The molecule has 6 nitrogen and oxygen atoms in total. The number of hydrogen-bond acceptors (Lipinski definition) is 5. The number of hydrogen-bond donors (Lipinski definition) is 2. The maximum Gasteiger partial charge on any atom is 0.0843 e. The van der Waals surface area contributed by atoms with Crippen molar-refractivity contribution in [1.82, 2.24) is 25.3 Å². The smallest absolute Gasteiger partial charge is 0.0843 e. The number of nitrogens with zero attached hydrogens (tertiary/aromatic N) is 4. The highest BCUT2D eigenvalue weighted by Crippen LogP contribution is 2.38. The van der Waals surface area contributed by atoms with Gasteiger partial charge >= 0.3 is 0 Å². The lowest BCUT2D eigenvalue weighted by Crippen LogP contribution is -2.63. The fourth-order valence-electron chi connectivity index (χ4n) is 3.70. The van der Waals surface area contributed by atoms with Crippen molar-refractivity contribution in [2.24, 2.45) is 18.8 Å². The minimum absolute atomic E-state index is 0.101. The summed E-state index contributed by atoms with van der Waals surface area (Å²) in [6, 6.07) is 0.192. The summed E-state index contributed by atoms with van der Waals surface area (Å²) in [5.41, 5.74) is 4.15. The van der Waals surface area contributed by atoms with Gasteiger partial charge in [0.05, 0.1) is 5.69 Å². The predicted molar refractivity (Wildman–Crippen MR) is 79.9 cm³/mol. The third-order valence-electron chi connectivity index (χ3n) is 4.81. The monoisotopic (exact) mass is 280 g/mol. The Kier molecular flexibility index (Phi) is 4.78. The number of nitrogens with one attached hydrogen (secondary N) is 1. The average Bonchev–Trinajstić information content (AvgIpc) is 2.81. The molecule has 0 saturated heterocycles. The number of nitrogens with two attached hydrogens (primary N) is 1. The molecule has 1 fully saturated rings. The molecule has 1 aromatic rings. The SMILES string of the molecule is CC1CCCC(C(Cc2cn(C)nn2)NN)(N(C)C)C1. The zero-order valence-corrected chi connectivity index (χ0v) is 13.1. The standard InChI is InChI=1S/C14H28N6/c1-11-6-5-7-14(9-11,19(2)3)13(16-15)8-12-10-20(4)18-17-12/h10-11,13,16H,5-9,15H2,1-4H3. The minimum Gasteiger partial charge on any atom is -0.302 e. The molecule has 1 heterocycles. The van der Waals surface area contributed by atoms with Crippen molar-refractivity contribution in [1.29, 1.82) is 0 Å². The normalized spacial score (nSPS) is 28.8. The first-order valence-electron chi connectivity index (χ1n) is 7.46. The van der Waals surface area contributed by atoms with Crippen LogP contribution < -0.4 is 11.3 Å². The van der Waals surface area contributed by atoms with E-state index in [1.807, 2.05) is 13.2 Å². The fourth-order valence-corrected chi connectivity index (χ4v) is 3.70. The Morgan fingerprint density at radius 1 is 1.60 bits per heavy atom. The van der Waals surface area contributed by atoms with Crippen LogP contribution in [-0.4, -0.2) is 45.6 Å². The molecule has 0 bridgehead atoms. The highest BCUT2D eigenvalue weighted by molar-refractivity contribution is 5.07. The van der Waals surface area contributed by atoms with Crippen molar-refractivity contribution < 1.29 is 0 Å². The molecule has 6 heteroatoms. The fraction of sp³-hybridized carbons (Fsp3) is 0.857. The molecule has 3 atom stereocenters. The summed E-state index contributed by atoms with van der Waals surface area (Å²) in [6.45, 7) is 2.34. The van der Waals surface area contributed by atoms with E-state index in [1.165, 1.54) is 25.7 Å². The van der Waals surface area contributed by atoms with Crippen molar-refractivity contribution in [3.05, 3.63) is 11.9 Å². The van der Waals surface area contributed by atoms with Crippen LogP contribution in [0.1, 0.15) is 38.3 Å². The van der Waals surface area contributed by atoms with Crippen LogP contribution in [0.2, 0.25) is 0 Å². The summed E-state index contributed by atoms with van der Waals surface area (Å²) in [7, 11) is 6.23. The Bertz CT molecular complexity index is 429. The van der Waals surface area contributed by atoms with Crippen molar-refractivity contribution in [2.75, 3.05) is 14.1 Å². The van der Waals surface area contributed by atoms with E-state index >= 15 is 0 Å². The largest absolute Gasteiger partial charge is 0.302 e. The Morgan fingerprint density at radius 3 is 2.85 bits per heavy atom. The Morgan fingerprint density at radius 2 is 2.35 bits per heavy atom. The third kappa shape index (κ3) is 3.02.